The summed E-state index contributed by atoms with van der Waals surface area (Å²) in [7, 11) is -3.01. The van der Waals surface area contributed by atoms with Crippen molar-refractivity contribution in [2.24, 2.45) is 0 Å². The number of rotatable bonds is 7. The van der Waals surface area contributed by atoms with Crippen molar-refractivity contribution >= 4 is 42.4 Å². The number of thiophene rings is 1. The molecule has 2 aromatic carbocycles. The second-order valence-corrected chi connectivity index (χ2v) is 10.0. The van der Waals surface area contributed by atoms with Crippen LogP contribution < -0.4 is 4.31 Å². The molecule has 1 aromatic heterocycles. The lowest BCUT2D eigenvalue weighted by molar-refractivity contribution is -0.140. The Bertz CT molecular complexity index is 1250. The fourth-order valence-corrected chi connectivity index (χ4v) is 6.12. The molecule has 0 aliphatic carbocycles. The largest absolute Gasteiger partial charge is 0.469 e. The first-order valence-corrected chi connectivity index (χ1v) is 11.8. The molecule has 0 saturated heterocycles. The number of anilines is 1. The van der Waals surface area contributed by atoms with Gasteiger partial charge in [0.05, 0.1) is 31.4 Å². The Morgan fingerprint density at radius 1 is 1.16 bits per heavy atom. The molecule has 0 bridgehead atoms. The number of carbonyl (C=O) groups excluding carboxylic acids is 1. The molecule has 0 amide bonds. The van der Waals surface area contributed by atoms with Gasteiger partial charge in [-0.2, -0.15) is 13.2 Å². The molecule has 0 atom stereocenters. The number of nitrogens with zero attached hydrogens (tertiary/aromatic N) is 1. The zero-order valence-corrected chi connectivity index (χ0v) is 18.7. The fraction of sp³-hybridized carbons (Fsp3) is 0.286. The van der Waals surface area contributed by atoms with Crippen LogP contribution in [0, 0.1) is 12.7 Å². The Balaban J connectivity index is 2.09. The molecule has 0 N–H and O–H groups in total. The summed E-state index contributed by atoms with van der Waals surface area (Å²) in [4.78, 5) is 11.5. The lowest BCUT2D eigenvalue weighted by Gasteiger charge is -2.24. The average Bonchev–Trinajstić information content (AvgIpc) is 3.06. The molecule has 32 heavy (non-hydrogen) atoms. The third kappa shape index (κ3) is 5.04. The third-order valence-corrected chi connectivity index (χ3v) is 7.95. The van der Waals surface area contributed by atoms with E-state index in [0.717, 1.165) is 27.6 Å². The molecule has 0 aliphatic heterocycles. The number of sulfonamides is 1. The van der Waals surface area contributed by atoms with Crippen LogP contribution in [-0.2, 0) is 32.3 Å². The van der Waals surface area contributed by atoms with Crippen LogP contribution >= 0.6 is 11.3 Å². The van der Waals surface area contributed by atoms with Crippen molar-refractivity contribution in [2.75, 3.05) is 17.2 Å². The Hall–Kier alpha value is -2.66. The standard InChI is InChI=1S/C21H19F4NO4S2/c1-13-15-5-3-4-6-18(15)31-20(13)26(32(28,29)10-9-19(27)30-2)12-14-7-8-17(22)16(11-14)21(23,24)25/h3-8,11H,9-10,12H2,1-2H3. The number of halogens is 4. The molecular formula is C21H19F4NO4S2. The molecular weight excluding hydrogens is 470 g/mol. The van der Waals surface area contributed by atoms with E-state index in [9.17, 15) is 30.8 Å². The third-order valence-electron chi connectivity index (χ3n) is 4.83. The van der Waals surface area contributed by atoms with Gasteiger partial charge in [0.2, 0.25) is 10.0 Å². The van der Waals surface area contributed by atoms with Gasteiger partial charge in [0.15, 0.2) is 0 Å². The number of esters is 1. The minimum atomic E-state index is -4.93. The summed E-state index contributed by atoms with van der Waals surface area (Å²) in [5, 5.41) is 1.12. The molecule has 1 heterocycles. The maximum absolute atomic E-state index is 13.7. The molecule has 11 heteroatoms. The van der Waals surface area contributed by atoms with Gasteiger partial charge in [-0.25, -0.2) is 12.8 Å². The highest BCUT2D eigenvalue weighted by atomic mass is 32.2. The van der Waals surface area contributed by atoms with Crippen molar-refractivity contribution < 1.29 is 35.5 Å². The number of carbonyl (C=O) groups is 1. The van der Waals surface area contributed by atoms with Crippen LogP contribution in [0.5, 0.6) is 0 Å². The quantitative estimate of drug-likeness (QED) is 0.335. The van der Waals surface area contributed by atoms with Crippen LogP contribution in [0.4, 0.5) is 22.6 Å². The highest BCUT2D eigenvalue weighted by molar-refractivity contribution is 7.93. The van der Waals surface area contributed by atoms with Crippen LogP contribution in [0.25, 0.3) is 10.1 Å². The van der Waals surface area contributed by atoms with Crippen molar-refractivity contribution in [3.8, 4) is 0 Å². The number of hydrogen-bond donors (Lipinski definition) is 0. The smallest absolute Gasteiger partial charge is 0.419 e. The molecule has 0 saturated carbocycles. The first kappa shape index (κ1) is 24.0. The van der Waals surface area contributed by atoms with Crippen molar-refractivity contribution in [2.45, 2.75) is 26.1 Å². The van der Waals surface area contributed by atoms with Crippen LogP contribution in [0.15, 0.2) is 42.5 Å². The molecule has 0 unspecified atom stereocenters. The number of hydrogen-bond acceptors (Lipinski definition) is 5. The Labute approximate surface area is 186 Å². The van der Waals surface area contributed by atoms with Gasteiger partial charge >= 0.3 is 12.1 Å². The van der Waals surface area contributed by atoms with E-state index in [4.69, 9.17) is 0 Å². The van der Waals surface area contributed by atoms with E-state index in [1.54, 1.807) is 25.1 Å². The Morgan fingerprint density at radius 3 is 2.47 bits per heavy atom. The van der Waals surface area contributed by atoms with E-state index < -0.39 is 52.3 Å². The lowest BCUT2D eigenvalue weighted by Crippen LogP contribution is -2.33. The van der Waals surface area contributed by atoms with Crippen LogP contribution in [0.2, 0.25) is 0 Å². The normalized spacial score (nSPS) is 12.2. The second kappa shape index (κ2) is 9.07. The van der Waals surface area contributed by atoms with Gasteiger partial charge < -0.3 is 4.74 Å². The van der Waals surface area contributed by atoms with Gasteiger partial charge in [0.25, 0.3) is 0 Å². The summed E-state index contributed by atoms with van der Waals surface area (Å²) in [6.45, 7) is 1.25. The minimum Gasteiger partial charge on any atom is -0.469 e. The number of benzene rings is 2. The van der Waals surface area contributed by atoms with Crippen molar-refractivity contribution in [3.05, 3.63) is 65.0 Å². The number of methoxy groups -OCH3 is 1. The first-order valence-electron chi connectivity index (χ1n) is 9.35. The zero-order chi connectivity index (χ0) is 23.7. The maximum Gasteiger partial charge on any atom is 0.419 e. The van der Waals surface area contributed by atoms with Gasteiger partial charge in [-0.1, -0.05) is 24.3 Å². The first-order chi connectivity index (χ1) is 14.9. The van der Waals surface area contributed by atoms with E-state index in [1.165, 1.54) is 11.3 Å². The summed E-state index contributed by atoms with van der Waals surface area (Å²) in [5.74, 6) is -2.78. The van der Waals surface area contributed by atoms with Crippen LogP contribution in [0.1, 0.15) is 23.1 Å². The Morgan fingerprint density at radius 2 is 1.84 bits per heavy atom. The monoisotopic (exact) mass is 489 g/mol. The van der Waals surface area contributed by atoms with Crippen molar-refractivity contribution in [3.63, 3.8) is 0 Å². The maximum atomic E-state index is 13.7. The highest BCUT2D eigenvalue weighted by Crippen LogP contribution is 2.40. The summed E-state index contributed by atoms with van der Waals surface area (Å²) < 4.78 is 85.8. The molecule has 3 rings (SSSR count). The average molecular weight is 490 g/mol. The molecule has 0 spiro atoms. The van der Waals surface area contributed by atoms with Gasteiger partial charge in [0, 0.05) is 4.70 Å². The summed E-state index contributed by atoms with van der Waals surface area (Å²) in [6.07, 6.45) is -5.35. The van der Waals surface area contributed by atoms with Crippen molar-refractivity contribution in [1.82, 2.24) is 0 Å². The fourth-order valence-electron chi connectivity index (χ4n) is 3.17. The SMILES string of the molecule is COC(=O)CCS(=O)(=O)N(Cc1ccc(F)c(C(F)(F)F)c1)c1sc2ccccc2c1C. The highest BCUT2D eigenvalue weighted by Gasteiger charge is 2.35. The number of ether oxygens (including phenoxy) is 1. The molecule has 0 fully saturated rings. The molecule has 172 valence electrons. The van der Waals surface area contributed by atoms with E-state index in [-0.39, 0.29) is 5.56 Å². The lowest BCUT2D eigenvalue weighted by atomic mass is 10.1. The molecule has 5 nitrogen and oxygen atoms in total. The van der Waals surface area contributed by atoms with Gasteiger partial charge in [-0.15, -0.1) is 11.3 Å². The molecule has 3 aromatic rings. The zero-order valence-electron chi connectivity index (χ0n) is 17.1. The summed E-state index contributed by atoms with van der Waals surface area (Å²) in [6, 6.07) is 9.55. The van der Waals surface area contributed by atoms with E-state index in [0.29, 0.717) is 22.7 Å². The van der Waals surface area contributed by atoms with Gasteiger partial charge in [-0.05, 0) is 41.6 Å². The van der Waals surface area contributed by atoms with E-state index in [2.05, 4.69) is 4.74 Å². The predicted octanol–water partition coefficient (Wildman–Crippen LogP) is 5.27. The Kier molecular flexibility index (Phi) is 6.80. The van der Waals surface area contributed by atoms with Gasteiger partial charge in [0.1, 0.15) is 10.8 Å². The van der Waals surface area contributed by atoms with E-state index >= 15 is 0 Å². The predicted molar refractivity (Wildman–Crippen MR) is 115 cm³/mol. The van der Waals surface area contributed by atoms with Crippen LogP contribution in [-0.4, -0.2) is 27.2 Å². The van der Waals surface area contributed by atoms with E-state index in [1.807, 2.05) is 6.07 Å². The number of aryl methyl sites for hydroxylation is 1. The molecule has 0 radical (unpaired) electrons. The topological polar surface area (TPSA) is 63.7 Å². The number of alkyl halides is 3. The van der Waals surface area contributed by atoms with Crippen LogP contribution in [0.3, 0.4) is 0 Å². The molecule has 0 aliphatic rings. The minimum absolute atomic E-state index is 0.0442. The second-order valence-electron chi connectivity index (χ2n) is 6.99. The van der Waals surface area contributed by atoms with Gasteiger partial charge in [-0.3, -0.25) is 9.10 Å². The van der Waals surface area contributed by atoms with Crippen molar-refractivity contribution in [1.29, 1.82) is 0 Å². The number of fused-ring (bicyclic) bond motifs is 1. The summed E-state index contributed by atoms with van der Waals surface area (Å²) >= 11 is 1.17. The summed E-state index contributed by atoms with van der Waals surface area (Å²) in [5.41, 5.74) is -0.891.